The number of amides is 1. The minimum atomic E-state index is -4.06. The minimum absolute atomic E-state index is 0.0136. The number of halogens is 1. The van der Waals surface area contributed by atoms with Crippen molar-refractivity contribution in [2.75, 3.05) is 0 Å². The van der Waals surface area contributed by atoms with Crippen LogP contribution in [0.1, 0.15) is 15.9 Å². The Labute approximate surface area is 140 Å². The summed E-state index contributed by atoms with van der Waals surface area (Å²) in [7, 11) is -4.06. The molecule has 0 radical (unpaired) electrons. The van der Waals surface area contributed by atoms with E-state index >= 15 is 0 Å². The van der Waals surface area contributed by atoms with Gasteiger partial charge in [0, 0.05) is 0 Å². The maximum absolute atomic E-state index is 12.9. The van der Waals surface area contributed by atoms with E-state index in [4.69, 9.17) is 5.53 Å². The zero-order valence-electron chi connectivity index (χ0n) is 11.9. The average Bonchev–Trinajstić information content (AvgIpc) is 2.82. The van der Waals surface area contributed by atoms with Crippen LogP contribution in [0, 0.1) is 10.5 Å². The van der Waals surface area contributed by atoms with Crippen molar-refractivity contribution in [2.24, 2.45) is 3.33 Å². The number of carbonyl (C=O) groups excluding carboxylic acids is 1. The molecule has 1 amide bonds. The van der Waals surface area contributed by atoms with E-state index < -0.39 is 36.3 Å². The van der Waals surface area contributed by atoms with Crippen molar-refractivity contribution in [1.29, 1.82) is 0 Å². The summed E-state index contributed by atoms with van der Waals surface area (Å²) in [6.07, 6.45) is 0. The predicted octanol–water partition coefficient (Wildman–Crippen LogP) is 3.66. The van der Waals surface area contributed by atoms with Crippen molar-refractivity contribution >= 4 is 36.3 Å². The van der Waals surface area contributed by atoms with Crippen molar-refractivity contribution in [1.82, 2.24) is 2.52 Å². The molecule has 0 spiro atoms. The Bertz CT molecular complexity index is 937. The summed E-state index contributed by atoms with van der Waals surface area (Å²) in [6.45, 7) is 1.84. The van der Waals surface area contributed by atoms with Crippen LogP contribution < -0.4 is 0 Å². The van der Waals surface area contributed by atoms with E-state index in [9.17, 15) is 13.2 Å². The molecule has 0 bridgehead atoms. The zero-order chi connectivity index (χ0) is 16.6. The van der Waals surface area contributed by atoms with E-state index in [1.54, 1.807) is 36.4 Å². The third-order valence-corrected chi connectivity index (χ3v) is 11.0. The van der Waals surface area contributed by atoms with Gasteiger partial charge in [0.25, 0.3) is 0 Å². The first-order valence-electron chi connectivity index (χ1n) is 6.47. The molecule has 0 aromatic heterocycles. The monoisotopic (exact) mass is 442 g/mol. The molecule has 0 N–H and O–H groups in total. The maximum atomic E-state index is 12.9. The number of azide groups is 1. The molecule has 1 aliphatic rings. The van der Waals surface area contributed by atoms with Gasteiger partial charge in [0.2, 0.25) is 0 Å². The molecule has 1 aliphatic heterocycles. The standard InChI is InChI=1S/C14H11IN4O3S/c1-10-6-8-11(9-7-10)23(21,22)19-14(20)12-4-2-3-5-13(12)15(19)17-18-16/h2-9H,1H3. The summed E-state index contributed by atoms with van der Waals surface area (Å²) in [4.78, 5) is 15.3. The van der Waals surface area contributed by atoms with Gasteiger partial charge in [0.05, 0.1) is 0 Å². The molecule has 0 saturated heterocycles. The summed E-state index contributed by atoms with van der Waals surface area (Å²) < 4.78 is 30.7. The number of carbonyl (C=O) groups is 1. The Morgan fingerprint density at radius 2 is 1.78 bits per heavy atom. The molecule has 0 saturated carbocycles. The molecule has 23 heavy (non-hydrogen) atoms. The Balaban J connectivity index is 2.17. The first-order valence-corrected chi connectivity index (χ1v) is 10.9. The van der Waals surface area contributed by atoms with Crippen molar-refractivity contribution < 1.29 is 13.2 Å². The van der Waals surface area contributed by atoms with E-state index in [2.05, 4.69) is 8.24 Å². The number of benzene rings is 2. The van der Waals surface area contributed by atoms with Crippen LogP contribution in [0.4, 0.5) is 0 Å². The summed E-state index contributed by atoms with van der Waals surface area (Å²) in [6, 6.07) is 12.8. The average molecular weight is 442 g/mol. The van der Waals surface area contributed by atoms with E-state index in [0.717, 1.165) is 8.08 Å². The predicted molar refractivity (Wildman–Crippen MR) is 92.8 cm³/mol. The van der Waals surface area contributed by atoms with Crippen molar-refractivity contribution in [2.45, 2.75) is 11.8 Å². The first kappa shape index (κ1) is 15.8. The van der Waals surface area contributed by atoms with Gasteiger partial charge in [-0.3, -0.25) is 0 Å². The third kappa shape index (κ3) is 2.56. The SMILES string of the molecule is Cc1ccc(S(=O)(=O)N2C(=O)c3ccccc3I2N=[N+]=[N-])cc1. The van der Waals surface area contributed by atoms with Gasteiger partial charge in [-0.2, -0.15) is 0 Å². The molecule has 0 aliphatic carbocycles. The normalized spacial score (nSPS) is 15.3. The summed E-state index contributed by atoms with van der Waals surface area (Å²) >= 11 is -3.06. The fourth-order valence-electron chi connectivity index (χ4n) is 2.13. The van der Waals surface area contributed by atoms with Gasteiger partial charge in [0.15, 0.2) is 0 Å². The number of fused-ring (bicyclic) bond motifs is 1. The number of rotatable bonds is 3. The molecule has 0 atom stereocenters. The quantitative estimate of drug-likeness (QED) is 0.238. The molecule has 7 nitrogen and oxygen atoms in total. The second-order valence-corrected chi connectivity index (χ2v) is 11.1. The van der Waals surface area contributed by atoms with Crippen LogP contribution in [0.5, 0.6) is 0 Å². The summed E-state index contributed by atoms with van der Waals surface area (Å²) in [5, 5.41) is 0. The fraction of sp³-hybridized carbons (Fsp3) is 0.0714. The van der Waals surface area contributed by atoms with Crippen molar-refractivity contribution in [3.8, 4) is 0 Å². The summed E-state index contributed by atoms with van der Waals surface area (Å²) in [5.41, 5.74) is 9.99. The molecule has 2 aromatic carbocycles. The molecule has 1 heterocycles. The fourth-order valence-corrected chi connectivity index (χ4v) is 9.32. The van der Waals surface area contributed by atoms with Gasteiger partial charge < -0.3 is 0 Å². The van der Waals surface area contributed by atoms with Crippen LogP contribution in [-0.4, -0.2) is 16.8 Å². The second-order valence-electron chi connectivity index (χ2n) is 4.73. The van der Waals surface area contributed by atoms with E-state index in [0.29, 0.717) is 9.13 Å². The first-order chi connectivity index (χ1) is 11.0. The van der Waals surface area contributed by atoms with Gasteiger partial charge >= 0.3 is 141 Å². The Hall–Kier alpha value is -2.10. The van der Waals surface area contributed by atoms with Crippen LogP contribution >= 0.6 is 20.4 Å². The van der Waals surface area contributed by atoms with E-state index in [1.165, 1.54) is 12.1 Å². The number of hydrogen-bond acceptors (Lipinski definition) is 4. The third-order valence-electron chi connectivity index (χ3n) is 3.23. The second kappa shape index (κ2) is 5.84. The number of aryl methyl sites for hydroxylation is 1. The molecule has 118 valence electrons. The molecule has 9 heteroatoms. The van der Waals surface area contributed by atoms with E-state index in [-0.39, 0.29) is 4.90 Å². The molecular weight excluding hydrogens is 431 g/mol. The van der Waals surface area contributed by atoms with Gasteiger partial charge in [0.1, 0.15) is 0 Å². The van der Waals surface area contributed by atoms with Crippen LogP contribution in [0.25, 0.3) is 10.4 Å². The van der Waals surface area contributed by atoms with Gasteiger partial charge in [-0.25, -0.2) is 0 Å². The van der Waals surface area contributed by atoms with E-state index in [1.807, 2.05) is 6.92 Å². The van der Waals surface area contributed by atoms with Gasteiger partial charge in [-0.1, -0.05) is 0 Å². The molecular formula is C14H11IN4O3S. The van der Waals surface area contributed by atoms with Gasteiger partial charge in [-0.05, 0) is 0 Å². The Morgan fingerprint density at radius 1 is 1.13 bits per heavy atom. The molecule has 0 fully saturated rings. The summed E-state index contributed by atoms with van der Waals surface area (Å²) in [5.74, 6) is -0.626. The molecule has 3 rings (SSSR count). The Kier molecular flexibility index (Phi) is 4.00. The molecule has 0 unspecified atom stereocenters. The topological polar surface area (TPSA) is 103 Å². The van der Waals surface area contributed by atoms with Crippen LogP contribution in [0.3, 0.4) is 0 Å². The number of nitrogens with zero attached hydrogens (tertiary/aromatic N) is 4. The molecule has 2 aromatic rings. The van der Waals surface area contributed by atoms with Crippen LogP contribution in [0.2, 0.25) is 0 Å². The van der Waals surface area contributed by atoms with Gasteiger partial charge in [-0.15, -0.1) is 0 Å². The van der Waals surface area contributed by atoms with Crippen molar-refractivity contribution in [3.05, 3.63) is 73.7 Å². The number of sulfonamides is 1. The van der Waals surface area contributed by atoms with Crippen LogP contribution in [-0.2, 0) is 10.0 Å². The van der Waals surface area contributed by atoms with Crippen molar-refractivity contribution in [3.63, 3.8) is 0 Å². The Morgan fingerprint density at radius 3 is 2.43 bits per heavy atom. The van der Waals surface area contributed by atoms with Crippen LogP contribution in [0.15, 0.2) is 56.8 Å². The zero-order valence-corrected chi connectivity index (χ0v) is 14.9. The number of hydrogen-bond donors (Lipinski definition) is 0.